The Morgan fingerprint density at radius 3 is 2.02 bits per heavy atom. The minimum Gasteiger partial charge on any atom is -0.352 e. The molecule has 0 saturated carbocycles. The van der Waals surface area contributed by atoms with E-state index in [1.807, 2.05) is 57.2 Å². The predicted octanol–water partition coefficient (Wildman–Crippen LogP) is 5.80. The Kier molecular flexibility index (Phi) is 10.5. The van der Waals surface area contributed by atoms with E-state index in [1.165, 1.54) is 29.2 Å². The van der Waals surface area contributed by atoms with E-state index >= 15 is 0 Å². The number of sulfonamides is 1. The van der Waals surface area contributed by atoms with Crippen LogP contribution >= 0.6 is 0 Å². The summed E-state index contributed by atoms with van der Waals surface area (Å²) in [6, 6.07) is 27.1. The number of rotatable bonds is 12. The van der Waals surface area contributed by atoms with Crippen LogP contribution in [0.25, 0.3) is 0 Å². The zero-order valence-corrected chi connectivity index (χ0v) is 26.2. The van der Waals surface area contributed by atoms with Crippen LogP contribution in [0.5, 0.6) is 0 Å². The van der Waals surface area contributed by atoms with Crippen LogP contribution < -0.4 is 9.62 Å². The molecule has 4 aromatic rings. The van der Waals surface area contributed by atoms with Crippen molar-refractivity contribution in [1.82, 2.24) is 10.2 Å². The number of carbonyl (C=O) groups excluding carboxylic acids is 2. The highest BCUT2D eigenvalue weighted by Crippen LogP contribution is 2.28. The number of aryl methyl sites for hydroxylation is 2. The van der Waals surface area contributed by atoms with Crippen molar-refractivity contribution in [2.45, 2.75) is 57.6 Å². The molecule has 2 amide bonds. The summed E-state index contributed by atoms with van der Waals surface area (Å²) in [6.45, 7) is 6.78. The fourth-order valence-electron chi connectivity index (χ4n) is 5.04. The molecule has 0 radical (unpaired) electrons. The van der Waals surface area contributed by atoms with E-state index in [1.54, 1.807) is 49.4 Å². The maximum absolute atomic E-state index is 14.4. The van der Waals surface area contributed by atoms with Gasteiger partial charge in [-0.05, 0) is 74.7 Å². The van der Waals surface area contributed by atoms with Crippen LogP contribution in [-0.4, -0.2) is 43.8 Å². The van der Waals surface area contributed by atoms with Gasteiger partial charge in [0, 0.05) is 19.0 Å². The van der Waals surface area contributed by atoms with Crippen LogP contribution in [0.2, 0.25) is 0 Å². The molecule has 4 aromatic carbocycles. The minimum absolute atomic E-state index is 0.0335. The van der Waals surface area contributed by atoms with Gasteiger partial charge in [0.15, 0.2) is 0 Å². The third-order valence-corrected chi connectivity index (χ3v) is 8.97. The van der Waals surface area contributed by atoms with E-state index in [0.29, 0.717) is 16.8 Å². The summed E-state index contributed by atoms with van der Waals surface area (Å²) < 4.78 is 43.1. The number of nitrogens with one attached hydrogen (secondary N) is 1. The van der Waals surface area contributed by atoms with Crippen LogP contribution in [0.4, 0.5) is 10.1 Å². The lowest BCUT2D eigenvalue weighted by Crippen LogP contribution is -2.54. The van der Waals surface area contributed by atoms with Gasteiger partial charge in [-0.3, -0.25) is 13.9 Å². The van der Waals surface area contributed by atoms with E-state index in [-0.39, 0.29) is 29.8 Å². The van der Waals surface area contributed by atoms with Crippen molar-refractivity contribution in [1.29, 1.82) is 0 Å². The number of nitrogens with zero attached hydrogens (tertiary/aromatic N) is 2. The molecule has 0 bridgehead atoms. The van der Waals surface area contributed by atoms with Crippen LogP contribution in [0.15, 0.2) is 108 Å². The SMILES string of the molecule is Cc1ccc(N(CC(=O)N(Cc2ccc(F)cc2)C(Cc2ccccc2)C(=O)NC(C)C)S(=O)(=O)c2ccccc2)c(C)c1. The maximum atomic E-state index is 14.4. The summed E-state index contributed by atoms with van der Waals surface area (Å²) in [5.41, 5.74) is 3.41. The molecule has 4 rings (SSSR count). The molecule has 0 aliphatic carbocycles. The van der Waals surface area contributed by atoms with Gasteiger partial charge in [-0.15, -0.1) is 0 Å². The Bertz CT molecular complexity index is 1680. The summed E-state index contributed by atoms with van der Waals surface area (Å²) in [6.07, 6.45) is 0.196. The molecular formula is C35H38FN3O4S. The van der Waals surface area contributed by atoms with E-state index in [0.717, 1.165) is 15.4 Å². The normalized spacial score (nSPS) is 12.0. The van der Waals surface area contributed by atoms with Gasteiger partial charge < -0.3 is 10.2 Å². The molecule has 0 aliphatic heterocycles. The van der Waals surface area contributed by atoms with Gasteiger partial charge in [-0.25, -0.2) is 12.8 Å². The largest absolute Gasteiger partial charge is 0.352 e. The van der Waals surface area contributed by atoms with Crippen LogP contribution in [0.1, 0.15) is 36.1 Å². The van der Waals surface area contributed by atoms with Gasteiger partial charge in [0.1, 0.15) is 18.4 Å². The molecule has 0 aliphatic rings. The second kappa shape index (κ2) is 14.3. The molecule has 44 heavy (non-hydrogen) atoms. The first-order valence-corrected chi connectivity index (χ1v) is 15.9. The standard InChI is InChI=1S/C35H38FN3O4S/c1-25(2)37-35(41)33(22-28-11-7-5-8-12-28)38(23-29-16-18-30(36)19-17-29)34(40)24-39(32-20-15-26(3)21-27(32)4)44(42,43)31-13-9-6-10-14-31/h5-21,25,33H,22-24H2,1-4H3,(H,37,41). The quantitative estimate of drug-likeness (QED) is 0.218. The number of halogens is 1. The molecule has 1 unspecified atom stereocenters. The molecule has 0 spiro atoms. The average molecular weight is 616 g/mol. The van der Waals surface area contributed by atoms with Crippen molar-refractivity contribution in [3.05, 3.63) is 131 Å². The Morgan fingerprint density at radius 2 is 1.43 bits per heavy atom. The number of carbonyl (C=O) groups is 2. The second-order valence-corrected chi connectivity index (χ2v) is 13.0. The average Bonchev–Trinajstić information content (AvgIpc) is 2.99. The molecular weight excluding hydrogens is 577 g/mol. The summed E-state index contributed by atoms with van der Waals surface area (Å²) in [4.78, 5) is 29.6. The van der Waals surface area contributed by atoms with Crippen LogP contribution in [0, 0.1) is 19.7 Å². The lowest BCUT2D eigenvalue weighted by molar-refractivity contribution is -0.140. The predicted molar refractivity (Wildman–Crippen MR) is 171 cm³/mol. The van der Waals surface area contributed by atoms with Crippen LogP contribution in [-0.2, 0) is 32.6 Å². The van der Waals surface area contributed by atoms with E-state index in [4.69, 9.17) is 0 Å². The topological polar surface area (TPSA) is 86.8 Å². The molecule has 1 N–H and O–H groups in total. The van der Waals surface area contributed by atoms with Crippen molar-refractivity contribution in [2.75, 3.05) is 10.8 Å². The lowest BCUT2D eigenvalue weighted by atomic mass is 10.0. The van der Waals surface area contributed by atoms with Gasteiger partial charge in [0.2, 0.25) is 11.8 Å². The Morgan fingerprint density at radius 1 is 0.818 bits per heavy atom. The highest BCUT2D eigenvalue weighted by molar-refractivity contribution is 7.92. The van der Waals surface area contributed by atoms with Gasteiger partial charge >= 0.3 is 0 Å². The highest BCUT2D eigenvalue weighted by Gasteiger charge is 2.35. The van der Waals surface area contributed by atoms with E-state index in [9.17, 15) is 22.4 Å². The zero-order valence-electron chi connectivity index (χ0n) is 25.4. The third kappa shape index (κ3) is 8.11. The highest BCUT2D eigenvalue weighted by atomic mass is 32.2. The van der Waals surface area contributed by atoms with Crippen molar-refractivity contribution < 1.29 is 22.4 Å². The Balaban J connectivity index is 1.82. The molecule has 0 aromatic heterocycles. The van der Waals surface area contributed by atoms with E-state index < -0.39 is 34.3 Å². The summed E-state index contributed by atoms with van der Waals surface area (Å²) in [5.74, 6) is -1.38. The monoisotopic (exact) mass is 615 g/mol. The summed E-state index contributed by atoms with van der Waals surface area (Å²) in [7, 11) is -4.18. The van der Waals surface area contributed by atoms with Gasteiger partial charge in [0.05, 0.1) is 10.6 Å². The van der Waals surface area contributed by atoms with Crippen LogP contribution in [0.3, 0.4) is 0 Å². The van der Waals surface area contributed by atoms with E-state index in [2.05, 4.69) is 5.32 Å². The summed E-state index contributed by atoms with van der Waals surface area (Å²) in [5, 5.41) is 2.93. The van der Waals surface area contributed by atoms with Crippen molar-refractivity contribution in [3.8, 4) is 0 Å². The Labute approximate surface area is 259 Å². The number of amides is 2. The number of hydrogen-bond donors (Lipinski definition) is 1. The Hall–Kier alpha value is -4.50. The molecule has 9 heteroatoms. The molecule has 1 atom stereocenters. The van der Waals surface area contributed by atoms with Crippen molar-refractivity contribution in [2.24, 2.45) is 0 Å². The molecule has 0 heterocycles. The number of benzene rings is 4. The number of hydrogen-bond acceptors (Lipinski definition) is 4. The first kappa shape index (κ1) is 32.4. The fraction of sp³-hybridized carbons (Fsp3) is 0.257. The second-order valence-electron chi connectivity index (χ2n) is 11.1. The maximum Gasteiger partial charge on any atom is 0.264 e. The number of anilines is 1. The van der Waals surface area contributed by atoms with Crippen molar-refractivity contribution >= 4 is 27.5 Å². The third-order valence-electron chi connectivity index (χ3n) is 7.20. The minimum atomic E-state index is -4.18. The smallest absolute Gasteiger partial charge is 0.264 e. The lowest BCUT2D eigenvalue weighted by Gasteiger charge is -2.34. The van der Waals surface area contributed by atoms with Gasteiger partial charge in [-0.2, -0.15) is 0 Å². The fourth-order valence-corrected chi connectivity index (χ4v) is 6.54. The van der Waals surface area contributed by atoms with Gasteiger partial charge in [0.25, 0.3) is 10.0 Å². The zero-order chi connectivity index (χ0) is 31.9. The molecule has 230 valence electrons. The summed E-state index contributed by atoms with van der Waals surface area (Å²) >= 11 is 0. The van der Waals surface area contributed by atoms with Crippen molar-refractivity contribution in [3.63, 3.8) is 0 Å². The molecule has 7 nitrogen and oxygen atoms in total. The molecule has 0 saturated heterocycles. The first-order chi connectivity index (χ1) is 21.0. The van der Waals surface area contributed by atoms with Gasteiger partial charge in [-0.1, -0.05) is 78.4 Å². The first-order valence-electron chi connectivity index (χ1n) is 14.5. The molecule has 0 fully saturated rings.